The molecule has 3 aromatic rings. The SMILES string of the molecule is Cc1ccccc1C(=O)NCc1nc2ccccc2n1CC(N)=O. The van der Waals surface area contributed by atoms with Gasteiger partial charge in [-0.15, -0.1) is 0 Å². The number of rotatable bonds is 5. The molecule has 2 aromatic carbocycles. The van der Waals surface area contributed by atoms with Crippen molar-refractivity contribution in [2.24, 2.45) is 5.73 Å². The van der Waals surface area contributed by atoms with Crippen LogP contribution < -0.4 is 11.1 Å². The average Bonchev–Trinajstić information content (AvgIpc) is 2.90. The van der Waals surface area contributed by atoms with E-state index in [1.165, 1.54) is 0 Å². The van der Waals surface area contributed by atoms with E-state index in [0.29, 0.717) is 11.4 Å². The Labute approximate surface area is 139 Å². The highest BCUT2D eigenvalue weighted by Crippen LogP contribution is 2.16. The molecule has 0 radical (unpaired) electrons. The van der Waals surface area contributed by atoms with Gasteiger partial charge >= 0.3 is 0 Å². The summed E-state index contributed by atoms with van der Waals surface area (Å²) in [6, 6.07) is 14.9. The molecule has 1 heterocycles. The summed E-state index contributed by atoms with van der Waals surface area (Å²) >= 11 is 0. The number of amides is 2. The predicted octanol–water partition coefficient (Wildman–Crippen LogP) is 1.76. The number of para-hydroxylation sites is 2. The van der Waals surface area contributed by atoms with E-state index in [-0.39, 0.29) is 19.0 Å². The number of primary amides is 1. The van der Waals surface area contributed by atoms with Crippen molar-refractivity contribution in [2.45, 2.75) is 20.0 Å². The minimum absolute atomic E-state index is 0.0239. The summed E-state index contributed by atoms with van der Waals surface area (Å²) in [5, 5.41) is 2.86. The second-order valence-corrected chi connectivity index (χ2v) is 5.57. The summed E-state index contributed by atoms with van der Waals surface area (Å²) < 4.78 is 1.73. The molecule has 2 amide bonds. The lowest BCUT2D eigenvalue weighted by Gasteiger charge is -2.09. The first-order chi connectivity index (χ1) is 11.6. The number of benzene rings is 2. The Bertz CT molecular complexity index is 914. The molecule has 3 rings (SSSR count). The first-order valence-corrected chi connectivity index (χ1v) is 7.62. The van der Waals surface area contributed by atoms with Gasteiger partial charge in [0.15, 0.2) is 0 Å². The first-order valence-electron chi connectivity index (χ1n) is 7.62. The lowest BCUT2D eigenvalue weighted by Crippen LogP contribution is -2.27. The Morgan fingerprint density at radius 2 is 1.83 bits per heavy atom. The van der Waals surface area contributed by atoms with Gasteiger partial charge in [0.25, 0.3) is 5.91 Å². The van der Waals surface area contributed by atoms with Gasteiger partial charge in [0.2, 0.25) is 5.91 Å². The van der Waals surface area contributed by atoms with Crippen LogP contribution in [0.5, 0.6) is 0 Å². The zero-order valence-electron chi connectivity index (χ0n) is 13.3. The highest BCUT2D eigenvalue weighted by atomic mass is 16.2. The standard InChI is InChI=1S/C18H18N4O2/c1-12-6-2-3-7-13(12)18(24)20-10-17-21-14-8-4-5-9-15(14)22(17)11-16(19)23/h2-9H,10-11H2,1H3,(H2,19,23)(H,20,24). The van der Waals surface area contributed by atoms with Crippen LogP contribution in [-0.2, 0) is 17.9 Å². The summed E-state index contributed by atoms with van der Waals surface area (Å²) in [5.74, 6) is -0.0349. The number of imidazole rings is 1. The van der Waals surface area contributed by atoms with Crippen LogP contribution in [0.3, 0.4) is 0 Å². The Hall–Kier alpha value is -3.15. The highest BCUT2D eigenvalue weighted by Gasteiger charge is 2.14. The molecule has 122 valence electrons. The van der Waals surface area contributed by atoms with Crippen molar-refractivity contribution in [2.75, 3.05) is 0 Å². The van der Waals surface area contributed by atoms with E-state index < -0.39 is 5.91 Å². The lowest BCUT2D eigenvalue weighted by molar-refractivity contribution is -0.118. The number of fused-ring (bicyclic) bond motifs is 1. The zero-order chi connectivity index (χ0) is 17.1. The van der Waals surface area contributed by atoms with Gasteiger partial charge in [-0.2, -0.15) is 0 Å². The molecule has 0 spiro atoms. The maximum Gasteiger partial charge on any atom is 0.251 e. The van der Waals surface area contributed by atoms with E-state index in [4.69, 9.17) is 5.73 Å². The average molecular weight is 322 g/mol. The molecule has 0 aliphatic heterocycles. The molecule has 3 N–H and O–H groups in total. The molecule has 0 fully saturated rings. The number of hydrogen-bond donors (Lipinski definition) is 2. The molecule has 0 bridgehead atoms. The summed E-state index contributed by atoms with van der Waals surface area (Å²) in [7, 11) is 0. The topological polar surface area (TPSA) is 90.0 Å². The number of aryl methyl sites for hydroxylation is 1. The Kier molecular flexibility index (Phi) is 4.29. The number of nitrogens with zero attached hydrogens (tertiary/aromatic N) is 2. The second kappa shape index (κ2) is 6.54. The van der Waals surface area contributed by atoms with Crippen molar-refractivity contribution in [1.29, 1.82) is 0 Å². The van der Waals surface area contributed by atoms with Crippen molar-refractivity contribution in [1.82, 2.24) is 14.9 Å². The van der Waals surface area contributed by atoms with Gasteiger partial charge in [0.1, 0.15) is 12.4 Å². The van der Waals surface area contributed by atoms with Crippen LogP contribution in [0.4, 0.5) is 0 Å². The fourth-order valence-corrected chi connectivity index (χ4v) is 2.67. The largest absolute Gasteiger partial charge is 0.368 e. The highest BCUT2D eigenvalue weighted by molar-refractivity contribution is 5.95. The van der Waals surface area contributed by atoms with Gasteiger partial charge in [-0.3, -0.25) is 9.59 Å². The van der Waals surface area contributed by atoms with Crippen LogP contribution in [0.15, 0.2) is 48.5 Å². The fourth-order valence-electron chi connectivity index (χ4n) is 2.67. The van der Waals surface area contributed by atoms with Gasteiger partial charge in [0.05, 0.1) is 17.6 Å². The third-order valence-electron chi connectivity index (χ3n) is 3.84. The molecule has 0 atom stereocenters. The molecular weight excluding hydrogens is 304 g/mol. The van der Waals surface area contributed by atoms with Gasteiger partial charge in [-0.1, -0.05) is 30.3 Å². The van der Waals surface area contributed by atoms with E-state index in [0.717, 1.165) is 16.6 Å². The van der Waals surface area contributed by atoms with Gasteiger partial charge in [-0.25, -0.2) is 4.98 Å². The third kappa shape index (κ3) is 3.12. The smallest absolute Gasteiger partial charge is 0.251 e. The summed E-state index contributed by atoms with van der Waals surface area (Å²) in [6.45, 7) is 2.13. The molecule has 0 aliphatic carbocycles. The van der Waals surface area contributed by atoms with E-state index in [9.17, 15) is 9.59 Å². The van der Waals surface area contributed by atoms with E-state index in [2.05, 4.69) is 10.3 Å². The van der Waals surface area contributed by atoms with E-state index in [1.54, 1.807) is 10.6 Å². The molecule has 24 heavy (non-hydrogen) atoms. The molecule has 0 aliphatic rings. The van der Waals surface area contributed by atoms with Crippen molar-refractivity contribution < 1.29 is 9.59 Å². The fraction of sp³-hybridized carbons (Fsp3) is 0.167. The van der Waals surface area contributed by atoms with Crippen molar-refractivity contribution in [3.05, 3.63) is 65.5 Å². The van der Waals surface area contributed by atoms with Crippen molar-refractivity contribution in [3.63, 3.8) is 0 Å². The Morgan fingerprint density at radius 1 is 1.12 bits per heavy atom. The molecule has 0 saturated heterocycles. The second-order valence-electron chi connectivity index (χ2n) is 5.57. The molecular formula is C18H18N4O2. The summed E-state index contributed by atoms with van der Waals surface area (Å²) in [6.07, 6.45) is 0. The van der Waals surface area contributed by atoms with E-state index >= 15 is 0 Å². The summed E-state index contributed by atoms with van der Waals surface area (Å²) in [4.78, 5) is 28.2. The van der Waals surface area contributed by atoms with Gasteiger partial charge in [0, 0.05) is 5.56 Å². The molecule has 6 nitrogen and oxygen atoms in total. The molecule has 1 aromatic heterocycles. The molecule has 0 saturated carbocycles. The molecule has 6 heteroatoms. The quantitative estimate of drug-likeness (QED) is 0.750. The maximum absolute atomic E-state index is 12.3. The van der Waals surface area contributed by atoms with Crippen LogP contribution in [0, 0.1) is 6.92 Å². The van der Waals surface area contributed by atoms with Crippen LogP contribution in [0.2, 0.25) is 0 Å². The number of hydrogen-bond acceptors (Lipinski definition) is 3. The van der Waals surface area contributed by atoms with Crippen LogP contribution in [-0.4, -0.2) is 21.4 Å². The number of carbonyl (C=O) groups is 2. The van der Waals surface area contributed by atoms with Crippen molar-refractivity contribution >= 4 is 22.8 Å². The number of carbonyl (C=O) groups excluding carboxylic acids is 2. The predicted molar refractivity (Wildman–Crippen MR) is 91.3 cm³/mol. The minimum atomic E-state index is -0.454. The van der Waals surface area contributed by atoms with Crippen LogP contribution in [0.1, 0.15) is 21.7 Å². The maximum atomic E-state index is 12.3. The molecule has 0 unspecified atom stereocenters. The zero-order valence-corrected chi connectivity index (χ0v) is 13.3. The Balaban J connectivity index is 1.86. The number of aromatic nitrogens is 2. The van der Waals surface area contributed by atoms with Crippen molar-refractivity contribution in [3.8, 4) is 0 Å². The minimum Gasteiger partial charge on any atom is -0.368 e. The van der Waals surface area contributed by atoms with Gasteiger partial charge < -0.3 is 15.6 Å². The van der Waals surface area contributed by atoms with Crippen LogP contribution in [0.25, 0.3) is 11.0 Å². The van der Waals surface area contributed by atoms with E-state index in [1.807, 2.05) is 49.4 Å². The third-order valence-corrected chi connectivity index (χ3v) is 3.84. The van der Waals surface area contributed by atoms with Gasteiger partial charge in [-0.05, 0) is 30.7 Å². The first kappa shape index (κ1) is 15.7. The number of nitrogens with one attached hydrogen (secondary N) is 1. The lowest BCUT2D eigenvalue weighted by atomic mass is 10.1. The number of nitrogens with two attached hydrogens (primary N) is 1. The summed E-state index contributed by atoms with van der Waals surface area (Å²) in [5.41, 5.74) is 8.44. The monoisotopic (exact) mass is 322 g/mol. The van der Waals surface area contributed by atoms with Crippen LogP contribution >= 0.6 is 0 Å². The Morgan fingerprint density at radius 3 is 2.58 bits per heavy atom. The normalized spacial score (nSPS) is 10.7.